The summed E-state index contributed by atoms with van der Waals surface area (Å²) in [4.78, 5) is 21.9. The molecule has 0 aliphatic rings. The summed E-state index contributed by atoms with van der Waals surface area (Å²) in [5.74, 6) is -0.342. The van der Waals surface area contributed by atoms with E-state index >= 15 is 0 Å². The van der Waals surface area contributed by atoms with Gasteiger partial charge in [0.15, 0.2) is 0 Å². The monoisotopic (exact) mass is 222 g/mol. The van der Waals surface area contributed by atoms with Crippen LogP contribution >= 0.6 is 0 Å². The van der Waals surface area contributed by atoms with Crippen molar-refractivity contribution in [1.29, 1.82) is 0 Å². The number of amides is 2. The smallest absolute Gasteiger partial charge is 0.250 e. The highest BCUT2D eigenvalue weighted by atomic mass is 16.5. The van der Waals surface area contributed by atoms with Gasteiger partial charge >= 0.3 is 0 Å². The van der Waals surface area contributed by atoms with Crippen molar-refractivity contribution in [2.24, 2.45) is 0 Å². The Balaban J connectivity index is 2.57. The first-order valence-corrected chi connectivity index (χ1v) is 4.78. The number of rotatable bonds is 4. The molecule has 0 fully saturated rings. The van der Waals surface area contributed by atoms with Gasteiger partial charge in [-0.3, -0.25) is 9.59 Å². The maximum Gasteiger partial charge on any atom is 0.250 e. The van der Waals surface area contributed by atoms with Gasteiger partial charge in [-0.25, -0.2) is 0 Å². The topological polar surface area (TPSA) is 67.4 Å². The van der Waals surface area contributed by atoms with Gasteiger partial charge in [-0.2, -0.15) is 0 Å². The molecule has 0 saturated carbocycles. The van der Waals surface area contributed by atoms with Crippen LogP contribution in [0.4, 0.5) is 11.4 Å². The second-order valence-electron chi connectivity index (χ2n) is 3.24. The standard InChI is InChI=1S/C11H14N2O3/c1-8(14)12-9-3-5-10(6-4-9)13-11(15)7-16-2/h3-6H,7H2,1-2H3,(H,12,14)(H,13,15). The summed E-state index contributed by atoms with van der Waals surface area (Å²) in [7, 11) is 1.46. The Morgan fingerprint density at radius 2 is 1.62 bits per heavy atom. The van der Waals surface area contributed by atoms with Crippen molar-refractivity contribution in [2.75, 3.05) is 24.4 Å². The average Bonchev–Trinajstić information content (AvgIpc) is 2.20. The largest absolute Gasteiger partial charge is 0.375 e. The number of anilines is 2. The quantitative estimate of drug-likeness (QED) is 0.805. The van der Waals surface area contributed by atoms with E-state index in [1.165, 1.54) is 14.0 Å². The summed E-state index contributed by atoms with van der Waals surface area (Å²) in [5.41, 5.74) is 1.35. The van der Waals surface area contributed by atoms with Gasteiger partial charge in [0, 0.05) is 25.4 Å². The fraction of sp³-hybridized carbons (Fsp3) is 0.273. The van der Waals surface area contributed by atoms with Crippen molar-refractivity contribution in [2.45, 2.75) is 6.92 Å². The van der Waals surface area contributed by atoms with E-state index in [0.717, 1.165) is 0 Å². The lowest BCUT2D eigenvalue weighted by molar-refractivity contribution is -0.119. The molecule has 0 aliphatic heterocycles. The van der Waals surface area contributed by atoms with E-state index in [4.69, 9.17) is 0 Å². The second-order valence-corrected chi connectivity index (χ2v) is 3.24. The molecule has 0 aromatic heterocycles. The SMILES string of the molecule is COCC(=O)Nc1ccc(NC(C)=O)cc1. The van der Waals surface area contributed by atoms with E-state index in [9.17, 15) is 9.59 Å². The molecule has 2 N–H and O–H groups in total. The van der Waals surface area contributed by atoms with Gasteiger partial charge in [-0.15, -0.1) is 0 Å². The van der Waals surface area contributed by atoms with Gasteiger partial charge in [-0.05, 0) is 24.3 Å². The number of hydrogen-bond donors (Lipinski definition) is 2. The minimum absolute atomic E-state index is 0.0213. The highest BCUT2D eigenvalue weighted by molar-refractivity contribution is 5.92. The maximum atomic E-state index is 11.2. The van der Waals surface area contributed by atoms with E-state index in [1.807, 2.05) is 0 Å². The first kappa shape index (κ1) is 12.2. The minimum Gasteiger partial charge on any atom is -0.375 e. The average molecular weight is 222 g/mol. The number of hydrogen-bond acceptors (Lipinski definition) is 3. The third-order valence-corrected chi connectivity index (χ3v) is 1.76. The number of carbonyl (C=O) groups is 2. The lowest BCUT2D eigenvalue weighted by Gasteiger charge is -2.06. The summed E-state index contributed by atoms with van der Waals surface area (Å²) in [6.45, 7) is 1.46. The zero-order chi connectivity index (χ0) is 12.0. The molecular formula is C11H14N2O3. The molecule has 0 saturated heterocycles. The highest BCUT2D eigenvalue weighted by Gasteiger charge is 2.01. The molecule has 0 spiro atoms. The Morgan fingerprint density at radius 3 is 2.06 bits per heavy atom. The van der Waals surface area contributed by atoms with E-state index in [-0.39, 0.29) is 18.4 Å². The minimum atomic E-state index is -0.213. The normalized spacial score (nSPS) is 9.62. The van der Waals surface area contributed by atoms with Gasteiger partial charge in [0.2, 0.25) is 11.8 Å². The van der Waals surface area contributed by atoms with Crippen LogP contribution < -0.4 is 10.6 Å². The molecule has 0 atom stereocenters. The molecule has 1 aromatic carbocycles. The number of methoxy groups -OCH3 is 1. The third-order valence-electron chi connectivity index (χ3n) is 1.76. The van der Waals surface area contributed by atoms with Crippen molar-refractivity contribution in [3.8, 4) is 0 Å². The summed E-state index contributed by atoms with van der Waals surface area (Å²) in [5, 5.41) is 5.28. The predicted molar refractivity (Wildman–Crippen MR) is 61.3 cm³/mol. The Morgan fingerprint density at radius 1 is 1.12 bits per heavy atom. The van der Waals surface area contributed by atoms with Crippen molar-refractivity contribution in [1.82, 2.24) is 0 Å². The van der Waals surface area contributed by atoms with Crippen molar-refractivity contribution < 1.29 is 14.3 Å². The number of nitrogens with one attached hydrogen (secondary N) is 2. The highest BCUT2D eigenvalue weighted by Crippen LogP contribution is 2.13. The van der Waals surface area contributed by atoms with E-state index < -0.39 is 0 Å². The summed E-state index contributed by atoms with van der Waals surface area (Å²) < 4.78 is 4.68. The van der Waals surface area contributed by atoms with Crippen LogP contribution in [-0.4, -0.2) is 25.5 Å². The molecule has 2 amide bonds. The summed E-state index contributed by atoms with van der Waals surface area (Å²) >= 11 is 0. The first-order chi connectivity index (χ1) is 7.61. The van der Waals surface area contributed by atoms with Gasteiger partial charge in [-0.1, -0.05) is 0 Å². The zero-order valence-electron chi connectivity index (χ0n) is 9.24. The van der Waals surface area contributed by atoms with Crippen LogP contribution in [0.15, 0.2) is 24.3 Å². The van der Waals surface area contributed by atoms with E-state index in [0.29, 0.717) is 11.4 Å². The van der Waals surface area contributed by atoms with Crippen molar-refractivity contribution in [3.05, 3.63) is 24.3 Å². The van der Waals surface area contributed by atoms with Gasteiger partial charge in [0.1, 0.15) is 6.61 Å². The molecule has 0 radical (unpaired) electrons. The van der Waals surface area contributed by atoms with Gasteiger partial charge in [0.05, 0.1) is 0 Å². The van der Waals surface area contributed by atoms with Crippen LogP contribution in [0.25, 0.3) is 0 Å². The zero-order valence-corrected chi connectivity index (χ0v) is 9.24. The molecule has 5 heteroatoms. The van der Waals surface area contributed by atoms with Crippen molar-refractivity contribution in [3.63, 3.8) is 0 Å². The van der Waals surface area contributed by atoms with Gasteiger partial charge < -0.3 is 15.4 Å². The fourth-order valence-electron chi connectivity index (χ4n) is 1.17. The number of benzene rings is 1. The maximum absolute atomic E-state index is 11.2. The molecule has 5 nitrogen and oxygen atoms in total. The van der Waals surface area contributed by atoms with Crippen LogP contribution in [0.1, 0.15) is 6.92 Å². The molecule has 1 aromatic rings. The number of carbonyl (C=O) groups excluding carboxylic acids is 2. The van der Waals surface area contributed by atoms with Crippen LogP contribution in [0.3, 0.4) is 0 Å². The molecule has 1 rings (SSSR count). The van der Waals surface area contributed by atoms with Crippen LogP contribution in [-0.2, 0) is 14.3 Å². The van der Waals surface area contributed by atoms with Crippen molar-refractivity contribution >= 4 is 23.2 Å². The third kappa shape index (κ3) is 4.10. The molecule has 0 aliphatic carbocycles. The second kappa shape index (κ2) is 5.87. The fourth-order valence-corrected chi connectivity index (χ4v) is 1.17. The Labute approximate surface area is 93.8 Å². The predicted octanol–water partition coefficient (Wildman–Crippen LogP) is 1.23. The molecule has 86 valence electrons. The van der Waals surface area contributed by atoms with E-state index in [1.54, 1.807) is 24.3 Å². The molecule has 0 bridgehead atoms. The lowest BCUT2D eigenvalue weighted by Crippen LogP contribution is -2.17. The Bertz CT molecular complexity index is 373. The Hall–Kier alpha value is -1.88. The number of ether oxygens (including phenoxy) is 1. The summed E-state index contributed by atoms with van der Waals surface area (Å²) in [6.07, 6.45) is 0. The van der Waals surface area contributed by atoms with Crippen LogP contribution in [0.2, 0.25) is 0 Å². The van der Waals surface area contributed by atoms with Crippen LogP contribution in [0, 0.1) is 0 Å². The molecule has 0 unspecified atom stereocenters. The lowest BCUT2D eigenvalue weighted by atomic mass is 10.2. The van der Waals surface area contributed by atoms with E-state index in [2.05, 4.69) is 15.4 Å². The molecule has 0 heterocycles. The Kier molecular flexibility index (Phi) is 4.47. The first-order valence-electron chi connectivity index (χ1n) is 4.78. The summed E-state index contributed by atoms with van der Waals surface area (Å²) in [6, 6.07) is 6.84. The van der Waals surface area contributed by atoms with Crippen LogP contribution in [0.5, 0.6) is 0 Å². The molecule has 16 heavy (non-hydrogen) atoms. The van der Waals surface area contributed by atoms with Gasteiger partial charge in [0.25, 0.3) is 0 Å². The molecular weight excluding hydrogens is 208 g/mol.